The van der Waals surface area contributed by atoms with Crippen LogP contribution in [0.25, 0.3) is 0 Å². The van der Waals surface area contributed by atoms with Gasteiger partial charge in [0.2, 0.25) is 0 Å². The summed E-state index contributed by atoms with van der Waals surface area (Å²) in [6, 6.07) is 5.14. The topological polar surface area (TPSA) is 29.9 Å². The Morgan fingerprint density at radius 3 is 2.48 bits per heavy atom. The molecule has 0 atom stereocenters. The number of rotatable bonds is 5. The largest absolute Gasteiger partial charge is 0.310 e. The van der Waals surface area contributed by atoms with E-state index in [1.165, 1.54) is 12.1 Å². The molecular formula is C15H17F2N3S. The molecule has 6 heteroatoms. The number of nitrogens with one attached hydrogen (secondary N) is 1. The number of aromatic nitrogens is 2. The zero-order valence-corrected chi connectivity index (χ0v) is 12.8. The number of hydrogen-bond donors (Lipinski definition) is 1. The van der Waals surface area contributed by atoms with Crippen molar-refractivity contribution >= 4 is 11.8 Å². The summed E-state index contributed by atoms with van der Waals surface area (Å²) >= 11 is 1.06. The molecule has 1 aromatic carbocycles. The molecule has 0 bridgehead atoms. The molecule has 1 N–H and O–H groups in total. The Hall–Kier alpha value is -1.40. The van der Waals surface area contributed by atoms with Gasteiger partial charge >= 0.3 is 0 Å². The predicted octanol–water partition coefficient (Wildman–Crippen LogP) is 3.41. The normalized spacial score (nSPS) is 14.7. The van der Waals surface area contributed by atoms with Crippen LogP contribution in [0.5, 0.6) is 0 Å². The van der Waals surface area contributed by atoms with Crippen LogP contribution in [0.3, 0.4) is 0 Å². The van der Waals surface area contributed by atoms with Gasteiger partial charge in [-0.1, -0.05) is 11.8 Å². The molecule has 1 aliphatic carbocycles. The van der Waals surface area contributed by atoms with Crippen molar-refractivity contribution in [1.29, 1.82) is 0 Å². The molecule has 0 spiro atoms. The van der Waals surface area contributed by atoms with Crippen LogP contribution < -0.4 is 5.32 Å². The Balaban J connectivity index is 1.79. The van der Waals surface area contributed by atoms with Gasteiger partial charge in [-0.05, 0) is 43.5 Å². The van der Waals surface area contributed by atoms with Crippen molar-refractivity contribution in [1.82, 2.24) is 15.1 Å². The van der Waals surface area contributed by atoms with E-state index in [-0.39, 0.29) is 4.90 Å². The molecule has 21 heavy (non-hydrogen) atoms. The van der Waals surface area contributed by atoms with Crippen molar-refractivity contribution in [2.45, 2.75) is 42.3 Å². The Bertz CT molecular complexity index is 642. The molecule has 2 aromatic rings. The van der Waals surface area contributed by atoms with E-state index in [2.05, 4.69) is 10.4 Å². The second-order valence-electron chi connectivity index (χ2n) is 5.39. The van der Waals surface area contributed by atoms with E-state index in [0.717, 1.165) is 30.3 Å². The Morgan fingerprint density at radius 1 is 1.29 bits per heavy atom. The van der Waals surface area contributed by atoms with E-state index in [4.69, 9.17) is 0 Å². The first kappa shape index (κ1) is 14.5. The van der Waals surface area contributed by atoms with Crippen LogP contribution in [0.15, 0.2) is 28.1 Å². The van der Waals surface area contributed by atoms with E-state index < -0.39 is 11.6 Å². The highest BCUT2D eigenvalue weighted by Gasteiger charge is 2.21. The number of hydrogen-bond acceptors (Lipinski definition) is 3. The van der Waals surface area contributed by atoms with Crippen molar-refractivity contribution in [3.05, 3.63) is 41.1 Å². The third-order valence-corrected chi connectivity index (χ3v) is 4.58. The smallest absolute Gasteiger partial charge is 0.140 e. The maximum atomic E-state index is 14.2. The maximum absolute atomic E-state index is 14.2. The second-order valence-corrected chi connectivity index (χ2v) is 6.42. The van der Waals surface area contributed by atoms with Gasteiger partial charge in [0, 0.05) is 19.6 Å². The first-order chi connectivity index (χ1) is 10.0. The quantitative estimate of drug-likeness (QED) is 0.918. The average molecular weight is 309 g/mol. The molecule has 1 fully saturated rings. The van der Waals surface area contributed by atoms with Gasteiger partial charge < -0.3 is 5.32 Å². The Labute approximate surface area is 126 Å². The molecular weight excluding hydrogens is 292 g/mol. The maximum Gasteiger partial charge on any atom is 0.140 e. The van der Waals surface area contributed by atoms with Crippen LogP contribution in [-0.2, 0) is 13.6 Å². The molecule has 0 aliphatic heterocycles. The molecule has 3 nitrogen and oxygen atoms in total. The van der Waals surface area contributed by atoms with Crippen molar-refractivity contribution in [3.63, 3.8) is 0 Å². The van der Waals surface area contributed by atoms with Gasteiger partial charge in [0.15, 0.2) is 0 Å². The van der Waals surface area contributed by atoms with E-state index in [9.17, 15) is 8.78 Å². The van der Waals surface area contributed by atoms with Gasteiger partial charge in [0.25, 0.3) is 0 Å². The first-order valence-corrected chi connectivity index (χ1v) is 7.74. The number of nitrogens with zero attached hydrogens (tertiary/aromatic N) is 2. The lowest BCUT2D eigenvalue weighted by atomic mass is 10.2. The van der Waals surface area contributed by atoms with Crippen LogP contribution in [0, 0.1) is 18.6 Å². The molecule has 1 aliphatic rings. The third-order valence-electron chi connectivity index (χ3n) is 3.40. The average Bonchev–Trinajstić information content (AvgIpc) is 3.17. The zero-order valence-electron chi connectivity index (χ0n) is 12.0. The van der Waals surface area contributed by atoms with Gasteiger partial charge in [-0.25, -0.2) is 8.78 Å². The van der Waals surface area contributed by atoms with E-state index in [1.54, 1.807) is 11.7 Å². The molecule has 0 saturated heterocycles. The fourth-order valence-corrected chi connectivity index (χ4v) is 3.07. The van der Waals surface area contributed by atoms with Crippen LogP contribution in [0.1, 0.15) is 24.1 Å². The van der Waals surface area contributed by atoms with Crippen LogP contribution in [-0.4, -0.2) is 15.8 Å². The summed E-state index contributed by atoms with van der Waals surface area (Å²) in [5.41, 5.74) is 1.47. The molecule has 3 rings (SSSR count). The minimum atomic E-state index is -0.522. The summed E-state index contributed by atoms with van der Waals surface area (Å²) in [6.07, 6.45) is 2.30. The van der Waals surface area contributed by atoms with Crippen LogP contribution in [0.2, 0.25) is 0 Å². The number of halogens is 2. The first-order valence-electron chi connectivity index (χ1n) is 6.92. The van der Waals surface area contributed by atoms with Gasteiger partial charge in [-0.15, -0.1) is 0 Å². The molecule has 1 heterocycles. The molecule has 0 amide bonds. The Morgan fingerprint density at radius 2 is 1.95 bits per heavy atom. The summed E-state index contributed by atoms with van der Waals surface area (Å²) in [6.45, 7) is 2.36. The highest BCUT2D eigenvalue weighted by Crippen LogP contribution is 2.33. The van der Waals surface area contributed by atoms with E-state index >= 15 is 0 Å². The zero-order chi connectivity index (χ0) is 15.0. The van der Waals surface area contributed by atoms with Crippen LogP contribution in [0.4, 0.5) is 8.78 Å². The predicted molar refractivity (Wildman–Crippen MR) is 78.3 cm³/mol. The van der Waals surface area contributed by atoms with Crippen LogP contribution >= 0.6 is 11.8 Å². The molecule has 0 unspecified atom stereocenters. The third kappa shape index (κ3) is 3.44. The minimum absolute atomic E-state index is 0.0215. The van der Waals surface area contributed by atoms with Crippen molar-refractivity contribution < 1.29 is 8.78 Å². The molecule has 1 aromatic heterocycles. The SMILES string of the molecule is Cc1cc(Sc2c(F)cc(CNC3CC3)cc2F)n(C)n1. The molecule has 1 saturated carbocycles. The molecule has 112 valence electrons. The van der Waals surface area contributed by atoms with Crippen molar-refractivity contribution in [3.8, 4) is 0 Å². The second kappa shape index (κ2) is 5.77. The van der Waals surface area contributed by atoms with Crippen molar-refractivity contribution in [2.24, 2.45) is 7.05 Å². The lowest BCUT2D eigenvalue weighted by molar-refractivity contribution is 0.533. The lowest BCUT2D eigenvalue weighted by Crippen LogP contribution is -2.15. The van der Waals surface area contributed by atoms with Crippen molar-refractivity contribution in [2.75, 3.05) is 0 Å². The standard InChI is InChI=1S/C15H17F2N3S/c1-9-5-14(20(2)19-9)21-15-12(16)6-10(7-13(15)17)8-18-11-3-4-11/h5-7,11,18H,3-4,8H2,1-2H3. The fraction of sp³-hybridized carbons (Fsp3) is 0.400. The van der Waals surface area contributed by atoms with E-state index in [0.29, 0.717) is 23.2 Å². The van der Waals surface area contributed by atoms with Gasteiger partial charge in [-0.3, -0.25) is 4.68 Å². The summed E-state index contributed by atoms with van der Waals surface area (Å²) in [4.78, 5) is 0.0215. The van der Waals surface area contributed by atoms with E-state index in [1.807, 2.05) is 13.0 Å². The van der Waals surface area contributed by atoms with Gasteiger partial charge in [0.1, 0.15) is 11.6 Å². The number of aryl methyl sites for hydroxylation is 2. The van der Waals surface area contributed by atoms with Gasteiger partial charge in [0.05, 0.1) is 15.6 Å². The molecule has 0 radical (unpaired) electrons. The number of benzene rings is 1. The highest BCUT2D eigenvalue weighted by molar-refractivity contribution is 7.99. The van der Waals surface area contributed by atoms with Gasteiger partial charge in [-0.2, -0.15) is 5.10 Å². The highest BCUT2D eigenvalue weighted by atomic mass is 32.2. The Kier molecular flexibility index (Phi) is 3.99. The lowest BCUT2D eigenvalue weighted by Gasteiger charge is -2.08. The fourth-order valence-electron chi connectivity index (χ4n) is 2.15. The minimum Gasteiger partial charge on any atom is -0.310 e. The summed E-state index contributed by atoms with van der Waals surface area (Å²) < 4.78 is 29.9. The monoisotopic (exact) mass is 309 g/mol. The summed E-state index contributed by atoms with van der Waals surface area (Å²) in [5.74, 6) is -1.04. The summed E-state index contributed by atoms with van der Waals surface area (Å²) in [5, 5.41) is 8.15. The summed E-state index contributed by atoms with van der Waals surface area (Å²) in [7, 11) is 1.76.